The van der Waals surface area contributed by atoms with E-state index < -0.39 is 18.1 Å². The van der Waals surface area contributed by atoms with Gasteiger partial charge in [-0.1, -0.05) is 30.3 Å². The van der Waals surface area contributed by atoms with Crippen LogP contribution >= 0.6 is 0 Å². The minimum Gasteiger partial charge on any atom is -0.479 e. The first kappa shape index (κ1) is 13.5. The van der Waals surface area contributed by atoms with E-state index >= 15 is 0 Å². The maximum Gasteiger partial charge on any atom is 0.330 e. The van der Waals surface area contributed by atoms with Crippen LogP contribution in [0, 0.1) is 0 Å². The lowest BCUT2D eigenvalue weighted by molar-refractivity contribution is -0.145. The van der Waals surface area contributed by atoms with Gasteiger partial charge in [0.1, 0.15) is 6.10 Å². The van der Waals surface area contributed by atoms with Gasteiger partial charge in [0.2, 0.25) is 5.91 Å². The fraction of sp³-hybridized carbons (Fsp3) is 0.429. The molecule has 19 heavy (non-hydrogen) atoms. The van der Waals surface area contributed by atoms with Gasteiger partial charge in [-0.2, -0.15) is 0 Å². The second kappa shape index (κ2) is 6.33. The van der Waals surface area contributed by atoms with Crippen LogP contribution in [0.5, 0.6) is 0 Å². The molecule has 5 nitrogen and oxygen atoms in total. The fourth-order valence-corrected chi connectivity index (χ4v) is 2.12. The molecule has 1 aliphatic heterocycles. The number of carbonyl (C=O) groups excluding carboxylic acids is 1. The molecule has 5 heteroatoms. The molecule has 2 N–H and O–H groups in total. The van der Waals surface area contributed by atoms with Gasteiger partial charge in [0.05, 0.1) is 0 Å². The van der Waals surface area contributed by atoms with Crippen LogP contribution in [0.15, 0.2) is 30.3 Å². The molecule has 0 radical (unpaired) electrons. The molecule has 1 amide bonds. The third-order valence-electron chi connectivity index (χ3n) is 3.14. The second-order valence-corrected chi connectivity index (χ2v) is 4.55. The van der Waals surface area contributed by atoms with Gasteiger partial charge in [0.25, 0.3) is 0 Å². The summed E-state index contributed by atoms with van der Waals surface area (Å²) in [5.41, 5.74) is 0.555. The van der Waals surface area contributed by atoms with Crippen LogP contribution in [0.4, 0.5) is 0 Å². The van der Waals surface area contributed by atoms with Gasteiger partial charge in [-0.3, -0.25) is 4.79 Å². The van der Waals surface area contributed by atoms with E-state index in [4.69, 9.17) is 4.74 Å². The average Bonchev–Trinajstić information content (AvgIpc) is 2.46. The topological polar surface area (TPSA) is 75.6 Å². The first-order valence-corrected chi connectivity index (χ1v) is 6.38. The number of carboxylic acid groups (broad SMARTS) is 1. The number of amides is 1. The number of hydrogen-bond acceptors (Lipinski definition) is 3. The molecule has 0 spiro atoms. The van der Waals surface area contributed by atoms with E-state index in [1.54, 1.807) is 30.3 Å². The van der Waals surface area contributed by atoms with Gasteiger partial charge >= 0.3 is 5.97 Å². The molecule has 1 fully saturated rings. The number of carbonyl (C=O) groups is 2. The lowest BCUT2D eigenvalue weighted by Crippen LogP contribution is -2.42. The van der Waals surface area contributed by atoms with E-state index in [9.17, 15) is 14.7 Å². The molecule has 102 valence electrons. The molecule has 0 aliphatic carbocycles. The van der Waals surface area contributed by atoms with Gasteiger partial charge < -0.3 is 15.2 Å². The second-order valence-electron chi connectivity index (χ2n) is 4.55. The van der Waals surface area contributed by atoms with E-state index in [1.165, 1.54) is 0 Å². The third-order valence-corrected chi connectivity index (χ3v) is 3.14. The lowest BCUT2D eigenvalue weighted by atomic mass is 10.1. The summed E-state index contributed by atoms with van der Waals surface area (Å²) in [5.74, 6) is -1.42. The molecular formula is C14H17NO4. The first-order chi connectivity index (χ1) is 9.18. The number of aliphatic carboxylic acids is 1. The number of nitrogens with one attached hydrogen (secondary N) is 1. The highest BCUT2D eigenvalue weighted by molar-refractivity contribution is 5.87. The molecule has 0 bridgehead atoms. The number of hydrogen-bond donors (Lipinski definition) is 2. The van der Waals surface area contributed by atoms with Crippen molar-refractivity contribution in [2.45, 2.75) is 31.4 Å². The maximum atomic E-state index is 12.0. The summed E-state index contributed by atoms with van der Waals surface area (Å²) < 4.78 is 5.35. The van der Waals surface area contributed by atoms with Crippen LogP contribution in [-0.2, 0) is 14.3 Å². The molecular weight excluding hydrogens is 246 g/mol. The molecule has 1 aromatic rings. The number of rotatable bonds is 4. The molecule has 2 rings (SSSR count). The zero-order valence-electron chi connectivity index (χ0n) is 10.5. The van der Waals surface area contributed by atoms with Crippen molar-refractivity contribution in [3.05, 3.63) is 35.9 Å². The van der Waals surface area contributed by atoms with Gasteiger partial charge in [-0.25, -0.2) is 4.79 Å². The van der Waals surface area contributed by atoms with Crippen molar-refractivity contribution in [3.63, 3.8) is 0 Å². The molecule has 1 saturated heterocycles. The Bertz CT molecular complexity index is 440. The average molecular weight is 263 g/mol. The van der Waals surface area contributed by atoms with Crippen molar-refractivity contribution in [2.75, 3.05) is 6.61 Å². The molecule has 1 aromatic carbocycles. The summed E-state index contributed by atoms with van der Waals surface area (Å²) in [7, 11) is 0. The van der Waals surface area contributed by atoms with Crippen molar-refractivity contribution in [1.82, 2.24) is 5.32 Å². The zero-order valence-corrected chi connectivity index (χ0v) is 10.5. The Morgan fingerprint density at radius 3 is 2.58 bits per heavy atom. The SMILES string of the molecule is O=C(N[C@H](C(=O)O)c1ccccc1)C1CCCCO1. The first-order valence-electron chi connectivity index (χ1n) is 6.38. The Hall–Kier alpha value is -1.88. The molecule has 1 heterocycles. The summed E-state index contributed by atoms with van der Waals surface area (Å²) in [6.07, 6.45) is 2.00. The number of ether oxygens (including phenoxy) is 1. The summed E-state index contributed by atoms with van der Waals surface area (Å²) in [6, 6.07) is 7.62. The third kappa shape index (κ3) is 3.54. The van der Waals surface area contributed by atoms with Crippen molar-refractivity contribution < 1.29 is 19.4 Å². The van der Waals surface area contributed by atoms with E-state index in [1.807, 2.05) is 0 Å². The minimum absolute atomic E-state index is 0.351. The fourth-order valence-electron chi connectivity index (χ4n) is 2.12. The van der Waals surface area contributed by atoms with Gasteiger partial charge in [0.15, 0.2) is 6.04 Å². The summed E-state index contributed by atoms with van der Waals surface area (Å²) in [4.78, 5) is 23.2. The van der Waals surface area contributed by atoms with E-state index in [0.717, 1.165) is 12.8 Å². The molecule has 1 unspecified atom stereocenters. The van der Waals surface area contributed by atoms with E-state index in [-0.39, 0.29) is 5.91 Å². The molecule has 0 aromatic heterocycles. The lowest BCUT2D eigenvalue weighted by Gasteiger charge is -2.23. The summed E-state index contributed by atoms with van der Waals surface area (Å²) in [6.45, 7) is 0.557. The highest BCUT2D eigenvalue weighted by atomic mass is 16.5. The van der Waals surface area contributed by atoms with Crippen LogP contribution in [0.1, 0.15) is 30.9 Å². The van der Waals surface area contributed by atoms with Crippen molar-refractivity contribution in [1.29, 1.82) is 0 Å². The molecule has 2 atom stereocenters. The van der Waals surface area contributed by atoms with Crippen LogP contribution in [0.25, 0.3) is 0 Å². The largest absolute Gasteiger partial charge is 0.479 e. The van der Waals surface area contributed by atoms with Gasteiger partial charge in [-0.15, -0.1) is 0 Å². The maximum absolute atomic E-state index is 12.0. The highest BCUT2D eigenvalue weighted by Gasteiger charge is 2.27. The Morgan fingerprint density at radius 1 is 1.26 bits per heavy atom. The normalized spacial score (nSPS) is 20.5. The smallest absolute Gasteiger partial charge is 0.330 e. The van der Waals surface area contributed by atoms with Crippen molar-refractivity contribution >= 4 is 11.9 Å². The summed E-state index contributed by atoms with van der Waals surface area (Å²) in [5, 5.41) is 11.8. The molecule has 0 saturated carbocycles. The van der Waals surface area contributed by atoms with Crippen LogP contribution in [0.2, 0.25) is 0 Å². The molecule has 1 aliphatic rings. The Balaban J connectivity index is 2.04. The summed E-state index contributed by atoms with van der Waals surface area (Å²) >= 11 is 0. The minimum atomic E-state index is -1.07. The van der Waals surface area contributed by atoms with Crippen molar-refractivity contribution in [2.24, 2.45) is 0 Å². The predicted octanol–water partition coefficient (Wildman–Crippen LogP) is 1.50. The Labute approximate surface area is 111 Å². The van der Waals surface area contributed by atoms with E-state index in [2.05, 4.69) is 5.32 Å². The predicted molar refractivity (Wildman–Crippen MR) is 68.6 cm³/mol. The number of benzene rings is 1. The standard InChI is InChI=1S/C14H17NO4/c16-13(11-8-4-5-9-19-11)15-12(14(17)18)10-6-2-1-3-7-10/h1-3,6-7,11-12H,4-5,8-9H2,(H,15,16)(H,17,18)/t11?,12-/m0/s1. The van der Waals surface area contributed by atoms with Crippen LogP contribution < -0.4 is 5.32 Å². The highest BCUT2D eigenvalue weighted by Crippen LogP contribution is 2.16. The van der Waals surface area contributed by atoms with Gasteiger partial charge in [0, 0.05) is 6.61 Å². The number of carboxylic acids is 1. The van der Waals surface area contributed by atoms with Gasteiger partial charge in [-0.05, 0) is 24.8 Å². The Morgan fingerprint density at radius 2 is 2.00 bits per heavy atom. The zero-order chi connectivity index (χ0) is 13.7. The quantitative estimate of drug-likeness (QED) is 0.863. The van der Waals surface area contributed by atoms with Crippen LogP contribution in [0.3, 0.4) is 0 Å². The Kier molecular flexibility index (Phi) is 4.52. The van der Waals surface area contributed by atoms with Crippen LogP contribution in [-0.4, -0.2) is 29.7 Å². The monoisotopic (exact) mass is 263 g/mol. The van der Waals surface area contributed by atoms with E-state index in [0.29, 0.717) is 18.6 Å². The van der Waals surface area contributed by atoms with Crippen molar-refractivity contribution in [3.8, 4) is 0 Å².